The van der Waals surface area contributed by atoms with Crippen LogP contribution in [-0.4, -0.2) is 43.9 Å². The van der Waals surface area contributed by atoms with Crippen LogP contribution in [0.1, 0.15) is 5.56 Å². The number of aromatic nitrogens is 1. The van der Waals surface area contributed by atoms with Crippen molar-refractivity contribution >= 4 is 66.8 Å². The van der Waals surface area contributed by atoms with Gasteiger partial charge in [-0.25, -0.2) is 13.4 Å². The normalized spacial score (nSPS) is 11.6. The van der Waals surface area contributed by atoms with E-state index in [0.29, 0.717) is 10.0 Å². The van der Waals surface area contributed by atoms with Crippen molar-refractivity contribution in [2.45, 2.75) is 4.34 Å². The number of rotatable bonds is 8. The number of hydrogen-bond acceptors (Lipinski definition) is 8. The minimum absolute atomic E-state index is 0.161. The third kappa shape index (κ3) is 6.41. The number of nitrogens with zero attached hydrogens (tertiary/aromatic N) is 1. The molecule has 30 heavy (non-hydrogen) atoms. The minimum atomic E-state index is -3.70. The first kappa shape index (κ1) is 22.0. The van der Waals surface area contributed by atoms with Gasteiger partial charge in [-0.15, -0.1) is 11.3 Å². The molecule has 0 unspecified atom stereocenters. The summed E-state index contributed by atoms with van der Waals surface area (Å²) < 4.78 is 30.5. The van der Waals surface area contributed by atoms with Crippen LogP contribution in [0.3, 0.4) is 0 Å². The number of sulfone groups is 1. The highest BCUT2D eigenvalue weighted by Gasteiger charge is 2.15. The Balaban J connectivity index is 1.63. The first-order chi connectivity index (χ1) is 14.3. The van der Waals surface area contributed by atoms with E-state index in [0.717, 1.165) is 21.2 Å². The molecule has 0 spiro atoms. The molecule has 0 saturated carbocycles. The molecule has 2 aromatic carbocycles. The van der Waals surface area contributed by atoms with E-state index in [4.69, 9.17) is 0 Å². The second kappa shape index (κ2) is 9.88. The zero-order valence-corrected chi connectivity index (χ0v) is 18.4. The maximum absolute atomic E-state index is 12.2. The van der Waals surface area contributed by atoms with E-state index in [1.807, 2.05) is 6.07 Å². The van der Waals surface area contributed by atoms with E-state index < -0.39 is 21.5 Å². The summed E-state index contributed by atoms with van der Waals surface area (Å²) >= 11 is 2.64. The van der Waals surface area contributed by atoms with Crippen molar-refractivity contribution < 1.29 is 22.7 Å². The second-order valence-electron chi connectivity index (χ2n) is 6.10. The van der Waals surface area contributed by atoms with Gasteiger partial charge in [0, 0.05) is 11.1 Å². The van der Waals surface area contributed by atoms with E-state index >= 15 is 0 Å². The molecule has 0 aliphatic carbocycles. The predicted octanol–water partition coefficient (Wildman–Crippen LogP) is 3.59. The summed E-state index contributed by atoms with van der Waals surface area (Å²) in [6, 6.07) is 14.1. The Labute approximate surface area is 182 Å². The number of carbonyl (C=O) groups is 2. The third-order valence-corrected chi connectivity index (χ3v) is 7.14. The molecule has 156 valence electrons. The molecular formula is C20H18N2O5S3. The lowest BCUT2D eigenvalue weighted by Crippen LogP contribution is -2.21. The number of methoxy groups -OCH3 is 1. The summed E-state index contributed by atoms with van der Waals surface area (Å²) in [5.74, 6) is -1.46. The van der Waals surface area contributed by atoms with Crippen LogP contribution < -0.4 is 5.32 Å². The van der Waals surface area contributed by atoms with Crippen molar-refractivity contribution in [2.24, 2.45) is 0 Å². The average molecular weight is 463 g/mol. The molecule has 0 bridgehead atoms. The number of anilines is 1. The Morgan fingerprint density at radius 1 is 1.20 bits per heavy atom. The van der Waals surface area contributed by atoms with Gasteiger partial charge in [-0.3, -0.25) is 9.59 Å². The molecule has 1 amide bonds. The standard InChI is InChI=1S/C20H18N2O5S3/c1-27-19(24)12-28-20-22-16-8-7-15(11-17(16)29-20)21-18(23)13-30(25,26)10-9-14-5-3-2-4-6-14/h2-11H,12-13H2,1H3,(H,21,23). The number of hydrogen-bond donors (Lipinski definition) is 1. The van der Waals surface area contributed by atoms with Crippen molar-refractivity contribution in [2.75, 3.05) is 23.9 Å². The lowest BCUT2D eigenvalue weighted by molar-refractivity contribution is -0.137. The van der Waals surface area contributed by atoms with Gasteiger partial charge in [-0.05, 0) is 29.8 Å². The van der Waals surface area contributed by atoms with Crippen molar-refractivity contribution in [3.05, 3.63) is 59.5 Å². The van der Waals surface area contributed by atoms with Gasteiger partial charge >= 0.3 is 5.97 Å². The van der Waals surface area contributed by atoms with Crippen molar-refractivity contribution in [3.8, 4) is 0 Å². The molecular weight excluding hydrogens is 444 g/mol. The number of benzene rings is 2. The maximum atomic E-state index is 12.2. The van der Waals surface area contributed by atoms with Crippen LogP contribution in [0.4, 0.5) is 5.69 Å². The first-order valence-corrected chi connectivity index (χ1v) is 12.2. The van der Waals surface area contributed by atoms with Gasteiger partial charge in [0.1, 0.15) is 5.75 Å². The summed E-state index contributed by atoms with van der Waals surface area (Å²) in [7, 11) is -2.38. The van der Waals surface area contributed by atoms with Crippen LogP contribution in [-0.2, 0) is 24.2 Å². The number of fused-ring (bicyclic) bond motifs is 1. The Bertz CT molecular complexity index is 1190. The summed E-state index contributed by atoms with van der Waals surface area (Å²) in [5, 5.41) is 3.64. The monoisotopic (exact) mass is 462 g/mol. The number of carbonyl (C=O) groups excluding carboxylic acids is 2. The Hall–Kier alpha value is -2.69. The molecule has 10 heteroatoms. The molecule has 1 N–H and O–H groups in total. The van der Waals surface area contributed by atoms with E-state index in [1.54, 1.807) is 42.5 Å². The summed E-state index contributed by atoms with van der Waals surface area (Å²) in [5.41, 5.74) is 1.93. The molecule has 0 aliphatic rings. The van der Waals surface area contributed by atoms with E-state index in [1.165, 1.54) is 36.3 Å². The van der Waals surface area contributed by atoms with E-state index in [2.05, 4.69) is 15.0 Å². The van der Waals surface area contributed by atoms with Gasteiger partial charge in [0.2, 0.25) is 5.91 Å². The fourth-order valence-electron chi connectivity index (χ4n) is 2.40. The molecule has 0 saturated heterocycles. The van der Waals surface area contributed by atoms with Crippen molar-refractivity contribution in [3.63, 3.8) is 0 Å². The predicted molar refractivity (Wildman–Crippen MR) is 120 cm³/mol. The van der Waals surface area contributed by atoms with E-state index in [9.17, 15) is 18.0 Å². The second-order valence-corrected chi connectivity index (χ2v) is 10.2. The summed E-state index contributed by atoms with van der Waals surface area (Å²) in [6.07, 6.45) is 1.46. The fourth-order valence-corrected chi connectivity index (χ4v) is 5.24. The topological polar surface area (TPSA) is 102 Å². The molecule has 1 heterocycles. The maximum Gasteiger partial charge on any atom is 0.316 e. The van der Waals surface area contributed by atoms with Gasteiger partial charge in [-0.2, -0.15) is 0 Å². The molecule has 0 radical (unpaired) electrons. The van der Waals surface area contributed by atoms with Crippen molar-refractivity contribution in [1.29, 1.82) is 0 Å². The Morgan fingerprint density at radius 2 is 1.97 bits per heavy atom. The fraction of sp³-hybridized carbons (Fsp3) is 0.150. The zero-order chi connectivity index (χ0) is 21.6. The Morgan fingerprint density at radius 3 is 2.70 bits per heavy atom. The molecule has 0 atom stereocenters. The molecule has 1 aromatic heterocycles. The van der Waals surface area contributed by atoms with Crippen LogP contribution in [0, 0.1) is 0 Å². The summed E-state index contributed by atoms with van der Waals surface area (Å²) in [4.78, 5) is 27.9. The SMILES string of the molecule is COC(=O)CSc1nc2ccc(NC(=O)CS(=O)(=O)C=Cc3ccccc3)cc2s1. The van der Waals surface area contributed by atoms with Crippen LogP contribution in [0.25, 0.3) is 16.3 Å². The van der Waals surface area contributed by atoms with Crippen molar-refractivity contribution in [1.82, 2.24) is 4.98 Å². The lowest BCUT2D eigenvalue weighted by Gasteiger charge is -2.04. The van der Waals surface area contributed by atoms with Crippen LogP contribution in [0.15, 0.2) is 58.3 Å². The lowest BCUT2D eigenvalue weighted by atomic mass is 10.2. The molecule has 3 rings (SSSR count). The largest absolute Gasteiger partial charge is 0.468 e. The summed E-state index contributed by atoms with van der Waals surface area (Å²) in [6.45, 7) is 0. The van der Waals surface area contributed by atoms with Crippen LogP contribution in [0.5, 0.6) is 0 Å². The third-order valence-electron chi connectivity index (χ3n) is 3.79. The van der Waals surface area contributed by atoms with Crippen LogP contribution in [0.2, 0.25) is 0 Å². The highest BCUT2D eigenvalue weighted by atomic mass is 32.2. The molecule has 7 nitrogen and oxygen atoms in total. The smallest absolute Gasteiger partial charge is 0.316 e. The zero-order valence-electron chi connectivity index (χ0n) is 15.9. The average Bonchev–Trinajstić information content (AvgIpc) is 3.13. The van der Waals surface area contributed by atoms with E-state index in [-0.39, 0.29) is 11.7 Å². The van der Waals surface area contributed by atoms with Gasteiger partial charge in [0.15, 0.2) is 14.2 Å². The van der Waals surface area contributed by atoms with Crippen LogP contribution >= 0.6 is 23.1 Å². The number of amides is 1. The first-order valence-electron chi connectivity index (χ1n) is 8.70. The quantitative estimate of drug-likeness (QED) is 0.403. The number of thiazole rings is 1. The van der Waals surface area contributed by atoms with Gasteiger partial charge in [0.25, 0.3) is 0 Å². The Kier molecular flexibility index (Phi) is 7.24. The van der Waals surface area contributed by atoms with Gasteiger partial charge in [0.05, 0.1) is 23.1 Å². The van der Waals surface area contributed by atoms with Gasteiger partial charge in [-0.1, -0.05) is 42.1 Å². The molecule has 0 aliphatic heterocycles. The number of thioether (sulfide) groups is 1. The highest BCUT2D eigenvalue weighted by molar-refractivity contribution is 8.01. The highest BCUT2D eigenvalue weighted by Crippen LogP contribution is 2.31. The molecule has 0 fully saturated rings. The van der Waals surface area contributed by atoms with Gasteiger partial charge < -0.3 is 10.1 Å². The number of ether oxygens (including phenoxy) is 1. The number of nitrogens with one attached hydrogen (secondary N) is 1. The minimum Gasteiger partial charge on any atom is -0.468 e. The number of esters is 1. The molecule has 3 aromatic rings.